The Hall–Kier alpha value is -2.70. The molecule has 126 valence electrons. The summed E-state index contributed by atoms with van der Waals surface area (Å²) in [7, 11) is 0. The summed E-state index contributed by atoms with van der Waals surface area (Å²) in [6.45, 7) is 3.60. The average molecular weight is 330 g/mol. The second-order valence-electron chi connectivity index (χ2n) is 6.23. The van der Waals surface area contributed by atoms with Crippen LogP contribution >= 0.6 is 0 Å². The third-order valence-corrected chi connectivity index (χ3v) is 4.64. The van der Waals surface area contributed by atoms with Crippen molar-refractivity contribution in [1.29, 1.82) is 0 Å². The van der Waals surface area contributed by atoms with Crippen LogP contribution in [0.1, 0.15) is 46.0 Å². The fourth-order valence-electron chi connectivity index (χ4n) is 3.36. The number of aliphatic carboxylic acids is 1. The Morgan fingerprint density at radius 1 is 1.21 bits per heavy atom. The van der Waals surface area contributed by atoms with Crippen LogP contribution in [0.4, 0.5) is 0 Å². The monoisotopic (exact) mass is 330 g/mol. The maximum absolute atomic E-state index is 12.7. The van der Waals surface area contributed by atoms with Crippen molar-refractivity contribution in [3.05, 3.63) is 34.9 Å². The molecular weight excluding hydrogens is 312 g/mol. The van der Waals surface area contributed by atoms with Gasteiger partial charge < -0.3 is 10.0 Å². The van der Waals surface area contributed by atoms with Gasteiger partial charge in [0.2, 0.25) is 5.91 Å². The van der Waals surface area contributed by atoms with Gasteiger partial charge in [0.1, 0.15) is 12.1 Å². The molecule has 1 fully saturated rings. The molecule has 7 nitrogen and oxygen atoms in total. The largest absolute Gasteiger partial charge is 0.480 e. The van der Waals surface area contributed by atoms with Crippen LogP contribution < -0.4 is 0 Å². The lowest BCUT2D eigenvalue weighted by Crippen LogP contribution is -2.52. The summed E-state index contributed by atoms with van der Waals surface area (Å²) in [6, 6.07) is 3.02. The van der Waals surface area contributed by atoms with E-state index in [4.69, 9.17) is 0 Å². The Kier molecular flexibility index (Phi) is 3.87. The minimum Gasteiger partial charge on any atom is -0.480 e. The number of amides is 3. The first kappa shape index (κ1) is 16.2. The number of hydrogen-bond acceptors (Lipinski definition) is 4. The van der Waals surface area contributed by atoms with Crippen molar-refractivity contribution in [2.24, 2.45) is 0 Å². The van der Waals surface area contributed by atoms with Crippen LogP contribution in [-0.2, 0) is 9.59 Å². The highest BCUT2D eigenvalue weighted by Crippen LogP contribution is 2.27. The van der Waals surface area contributed by atoms with E-state index < -0.39 is 35.8 Å². The van der Waals surface area contributed by atoms with E-state index in [0.717, 1.165) is 10.5 Å². The first-order chi connectivity index (χ1) is 11.3. The minimum absolute atomic E-state index is 0.279. The number of benzene rings is 1. The normalized spacial score (nSPS) is 21.2. The molecule has 2 aliphatic heterocycles. The smallest absolute Gasteiger partial charge is 0.326 e. The zero-order chi connectivity index (χ0) is 17.6. The number of aryl methyl sites for hydroxylation is 1. The molecule has 2 atom stereocenters. The molecule has 0 saturated carbocycles. The maximum atomic E-state index is 12.7. The van der Waals surface area contributed by atoms with Gasteiger partial charge >= 0.3 is 5.97 Å². The average Bonchev–Trinajstić information content (AvgIpc) is 3.11. The summed E-state index contributed by atoms with van der Waals surface area (Å²) in [6.07, 6.45) is 0.978. The summed E-state index contributed by atoms with van der Waals surface area (Å²) >= 11 is 0. The fraction of sp³-hybridized carbons (Fsp3) is 0.412. The quantitative estimate of drug-likeness (QED) is 0.836. The van der Waals surface area contributed by atoms with E-state index in [0.29, 0.717) is 19.4 Å². The molecule has 0 bridgehead atoms. The Labute approximate surface area is 138 Å². The van der Waals surface area contributed by atoms with Gasteiger partial charge in [-0.15, -0.1) is 0 Å². The lowest BCUT2D eigenvalue weighted by molar-refractivity contribution is -0.149. The molecule has 0 spiro atoms. The third kappa shape index (κ3) is 2.36. The van der Waals surface area contributed by atoms with Crippen molar-refractivity contribution in [3.63, 3.8) is 0 Å². The molecule has 1 saturated heterocycles. The summed E-state index contributed by atoms with van der Waals surface area (Å²) in [5, 5.41) is 9.21. The van der Waals surface area contributed by atoms with Gasteiger partial charge in [0.05, 0.1) is 11.1 Å². The van der Waals surface area contributed by atoms with Crippen LogP contribution in [0.3, 0.4) is 0 Å². The molecular formula is C17H18N2O5. The first-order valence-corrected chi connectivity index (χ1v) is 7.84. The number of likely N-dealkylation sites (tertiary alicyclic amines) is 1. The number of rotatable bonds is 3. The summed E-state index contributed by atoms with van der Waals surface area (Å²) < 4.78 is 0. The summed E-state index contributed by atoms with van der Waals surface area (Å²) in [5.41, 5.74) is 1.42. The first-order valence-electron chi connectivity index (χ1n) is 7.84. The highest BCUT2D eigenvalue weighted by molar-refractivity contribution is 6.23. The van der Waals surface area contributed by atoms with Gasteiger partial charge in [0, 0.05) is 6.54 Å². The van der Waals surface area contributed by atoms with E-state index in [1.807, 2.05) is 6.92 Å². The predicted molar refractivity (Wildman–Crippen MR) is 83.5 cm³/mol. The van der Waals surface area contributed by atoms with Crippen LogP contribution in [0.15, 0.2) is 18.2 Å². The number of carboxylic acids is 1. The van der Waals surface area contributed by atoms with Crippen molar-refractivity contribution < 1.29 is 24.3 Å². The van der Waals surface area contributed by atoms with E-state index in [-0.39, 0.29) is 11.1 Å². The van der Waals surface area contributed by atoms with E-state index >= 15 is 0 Å². The molecule has 1 aromatic carbocycles. The Bertz CT molecular complexity index is 757. The Morgan fingerprint density at radius 2 is 1.88 bits per heavy atom. The Balaban J connectivity index is 1.87. The lowest BCUT2D eigenvalue weighted by atomic mass is 10.1. The zero-order valence-electron chi connectivity index (χ0n) is 13.5. The molecule has 0 aromatic heterocycles. The number of carboxylic acid groups (broad SMARTS) is 1. The van der Waals surface area contributed by atoms with Crippen molar-refractivity contribution >= 4 is 23.7 Å². The molecule has 3 amide bonds. The molecule has 1 unspecified atom stereocenters. The fourth-order valence-corrected chi connectivity index (χ4v) is 3.36. The molecule has 24 heavy (non-hydrogen) atoms. The second kappa shape index (κ2) is 5.74. The zero-order valence-corrected chi connectivity index (χ0v) is 13.5. The van der Waals surface area contributed by atoms with Gasteiger partial charge in [0.25, 0.3) is 11.8 Å². The van der Waals surface area contributed by atoms with E-state index in [9.17, 15) is 24.3 Å². The van der Waals surface area contributed by atoms with Gasteiger partial charge in [0.15, 0.2) is 0 Å². The van der Waals surface area contributed by atoms with Gasteiger partial charge in [-0.1, -0.05) is 11.6 Å². The van der Waals surface area contributed by atoms with Gasteiger partial charge in [-0.3, -0.25) is 19.3 Å². The molecule has 2 heterocycles. The number of carbonyl (C=O) groups is 4. The molecule has 0 radical (unpaired) electrons. The Morgan fingerprint density at radius 3 is 2.54 bits per heavy atom. The molecule has 2 aliphatic rings. The van der Waals surface area contributed by atoms with Gasteiger partial charge in [-0.2, -0.15) is 0 Å². The molecule has 1 aromatic rings. The number of nitrogens with zero attached hydrogens (tertiary/aromatic N) is 2. The summed E-state index contributed by atoms with van der Waals surface area (Å²) in [4.78, 5) is 51.2. The van der Waals surface area contributed by atoms with E-state index in [1.54, 1.807) is 18.2 Å². The minimum atomic E-state index is -1.06. The highest BCUT2D eigenvalue weighted by Gasteiger charge is 2.44. The van der Waals surface area contributed by atoms with Crippen LogP contribution in [-0.4, -0.2) is 57.2 Å². The van der Waals surface area contributed by atoms with Crippen molar-refractivity contribution in [1.82, 2.24) is 9.80 Å². The van der Waals surface area contributed by atoms with Crippen molar-refractivity contribution in [3.8, 4) is 0 Å². The number of fused-ring (bicyclic) bond motifs is 1. The van der Waals surface area contributed by atoms with Gasteiger partial charge in [-0.05, 0) is 38.8 Å². The third-order valence-electron chi connectivity index (χ3n) is 4.64. The van der Waals surface area contributed by atoms with Crippen LogP contribution in [0.5, 0.6) is 0 Å². The van der Waals surface area contributed by atoms with E-state index in [2.05, 4.69) is 0 Å². The van der Waals surface area contributed by atoms with Crippen molar-refractivity contribution in [2.75, 3.05) is 6.54 Å². The SMILES string of the molecule is Cc1ccc2c(c1)C(=O)N(C(C)C(=O)N1CCC[C@@H]1C(=O)O)C2=O. The maximum Gasteiger partial charge on any atom is 0.326 e. The second-order valence-corrected chi connectivity index (χ2v) is 6.23. The summed E-state index contributed by atoms with van der Waals surface area (Å²) in [5.74, 6) is -2.59. The molecule has 1 N–H and O–H groups in total. The lowest BCUT2D eigenvalue weighted by Gasteiger charge is -2.28. The van der Waals surface area contributed by atoms with Crippen LogP contribution in [0.25, 0.3) is 0 Å². The molecule has 3 rings (SSSR count). The predicted octanol–water partition coefficient (Wildman–Crippen LogP) is 1.06. The van der Waals surface area contributed by atoms with Crippen molar-refractivity contribution in [2.45, 2.75) is 38.8 Å². The highest BCUT2D eigenvalue weighted by atomic mass is 16.4. The number of imide groups is 1. The molecule has 7 heteroatoms. The molecule has 0 aliphatic carbocycles. The van der Waals surface area contributed by atoms with Crippen LogP contribution in [0, 0.1) is 6.92 Å². The topological polar surface area (TPSA) is 95.0 Å². The van der Waals surface area contributed by atoms with E-state index in [1.165, 1.54) is 11.8 Å². The number of carbonyl (C=O) groups excluding carboxylic acids is 3. The number of hydrogen-bond donors (Lipinski definition) is 1. The standard InChI is InChI=1S/C17H18N2O5/c1-9-5-6-11-12(8-9)16(22)19(15(11)21)10(2)14(20)18-7-3-4-13(18)17(23)24/h5-6,8,10,13H,3-4,7H2,1-2H3,(H,23,24)/t10?,13-/m1/s1. The van der Waals surface area contributed by atoms with Crippen LogP contribution in [0.2, 0.25) is 0 Å². The van der Waals surface area contributed by atoms with Gasteiger partial charge in [-0.25, -0.2) is 4.79 Å².